The maximum Gasteiger partial charge on any atom is 0.0227 e. The molecule has 0 aromatic rings. The van der Waals surface area contributed by atoms with Crippen LogP contribution in [0.15, 0.2) is 0 Å². The molecule has 0 heterocycles. The number of rotatable bonds is 5. The third-order valence-corrected chi connectivity index (χ3v) is 1.43. The third kappa shape index (κ3) is 5.84. The molecule has 0 aliphatic carbocycles. The van der Waals surface area contributed by atoms with Gasteiger partial charge in [0.15, 0.2) is 0 Å². The molecular weight excluding hydrogens is 134 g/mol. The van der Waals surface area contributed by atoms with Gasteiger partial charge in [-0.1, -0.05) is 13.3 Å². The van der Waals surface area contributed by atoms with Crippen LogP contribution >= 0.6 is 11.6 Å². The van der Waals surface area contributed by atoms with E-state index in [0.717, 1.165) is 31.4 Å². The van der Waals surface area contributed by atoms with Gasteiger partial charge in [0.05, 0.1) is 0 Å². The second kappa shape index (κ2) is 6.09. The van der Waals surface area contributed by atoms with Crippen molar-refractivity contribution in [1.82, 2.24) is 0 Å². The summed E-state index contributed by atoms with van der Waals surface area (Å²) >= 11 is 5.45. The van der Waals surface area contributed by atoms with Crippen molar-refractivity contribution in [2.75, 3.05) is 5.88 Å². The first-order valence-electron chi connectivity index (χ1n) is 3.43. The Labute approximate surface area is 61.9 Å². The van der Waals surface area contributed by atoms with Gasteiger partial charge in [-0.3, -0.25) is 0 Å². The Morgan fingerprint density at radius 2 is 2.11 bits per heavy atom. The van der Waals surface area contributed by atoms with Gasteiger partial charge in [-0.25, -0.2) is 0 Å². The molecule has 0 bridgehead atoms. The Morgan fingerprint density at radius 1 is 1.44 bits per heavy atom. The predicted octanol–water partition coefficient (Wildman–Crippen LogP) is 2.83. The van der Waals surface area contributed by atoms with Crippen LogP contribution in [0.5, 0.6) is 0 Å². The van der Waals surface area contributed by atoms with Crippen LogP contribution in [0.3, 0.4) is 0 Å². The minimum Gasteiger partial charge on any atom is -0.310 e. The maximum atomic E-state index is 7.33. The highest BCUT2D eigenvalue weighted by molar-refractivity contribution is 6.17. The van der Waals surface area contributed by atoms with Gasteiger partial charge < -0.3 is 5.41 Å². The van der Waals surface area contributed by atoms with Crippen molar-refractivity contribution >= 4 is 17.3 Å². The molecule has 54 valence electrons. The summed E-state index contributed by atoms with van der Waals surface area (Å²) in [6.07, 6.45) is 3.87. The van der Waals surface area contributed by atoms with Crippen molar-refractivity contribution in [3.8, 4) is 0 Å². The predicted molar refractivity (Wildman–Crippen MR) is 42.6 cm³/mol. The third-order valence-electron chi connectivity index (χ3n) is 1.16. The summed E-state index contributed by atoms with van der Waals surface area (Å²) in [5, 5.41) is 7.33. The first-order valence-corrected chi connectivity index (χ1v) is 3.97. The molecular formula is C7H14ClN. The van der Waals surface area contributed by atoms with E-state index in [-0.39, 0.29) is 0 Å². The summed E-state index contributed by atoms with van der Waals surface area (Å²) in [6.45, 7) is 2.09. The minimum absolute atomic E-state index is 0.687. The van der Waals surface area contributed by atoms with Crippen molar-refractivity contribution in [2.45, 2.75) is 32.6 Å². The number of nitrogens with one attached hydrogen (secondary N) is 1. The van der Waals surface area contributed by atoms with Crippen LogP contribution in [0.4, 0.5) is 0 Å². The molecule has 0 rings (SSSR count). The minimum atomic E-state index is 0.687. The second-order valence-electron chi connectivity index (χ2n) is 2.15. The Bertz CT molecular complexity index is 81.0. The summed E-state index contributed by atoms with van der Waals surface area (Å²) < 4.78 is 0. The molecule has 9 heavy (non-hydrogen) atoms. The zero-order valence-corrected chi connectivity index (χ0v) is 6.67. The molecule has 0 unspecified atom stereocenters. The molecule has 0 saturated carbocycles. The Morgan fingerprint density at radius 3 is 2.56 bits per heavy atom. The Hall–Kier alpha value is -0.0400. The first-order chi connectivity index (χ1) is 4.31. The second-order valence-corrected chi connectivity index (χ2v) is 2.52. The lowest BCUT2D eigenvalue weighted by molar-refractivity contribution is 0.910. The van der Waals surface area contributed by atoms with Gasteiger partial charge in [0.25, 0.3) is 0 Å². The summed E-state index contributed by atoms with van der Waals surface area (Å²) in [5.41, 5.74) is 0.846. The van der Waals surface area contributed by atoms with E-state index in [1.165, 1.54) is 0 Å². The van der Waals surface area contributed by atoms with Crippen LogP contribution in [0, 0.1) is 5.41 Å². The van der Waals surface area contributed by atoms with E-state index in [2.05, 4.69) is 6.92 Å². The topological polar surface area (TPSA) is 23.9 Å². The lowest BCUT2D eigenvalue weighted by Gasteiger charge is -1.97. The molecule has 1 nitrogen and oxygen atoms in total. The quantitative estimate of drug-likeness (QED) is 0.457. The summed E-state index contributed by atoms with van der Waals surface area (Å²) in [5.74, 6) is 0.687. The molecule has 0 radical (unpaired) electrons. The summed E-state index contributed by atoms with van der Waals surface area (Å²) in [7, 11) is 0. The SMILES string of the molecule is CCCC(=N)CCCCl. The molecule has 1 N–H and O–H groups in total. The van der Waals surface area contributed by atoms with Crippen LogP contribution in [0.2, 0.25) is 0 Å². The van der Waals surface area contributed by atoms with Gasteiger partial charge >= 0.3 is 0 Å². The van der Waals surface area contributed by atoms with Crippen LogP contribution in [0.25, 0.3) is 0 Å². The van der Waals surface area contributed by atoms with Gasteiger partial charge in [0.2, 0.25) is 0 Å². The normalized spacial score (nSPS) is 9.56. The monoisotopic (exact) mass is 147 g/mol. The largest absolute Gasteiger partial charge is 0.310 e. The fourth-order valence-electron chi connectivity index (χ4n) is 0.707. The molecule has 0 saturated heterocycles. The van der Waals surface area contributed by atoms with Gasteiger partial charge in [0.1, 0.15) is 0 Å². The van der Waals surface area contributed by atoms with E-state index in [0.29, 0.717) is 5.88 Å². The van der Waals surface area contributed by atoms with E-state index < -0.39 is 0 Å². The molecule has 0 aliphatic heterocycles. The number of hydrogen-bond donors (Lipinski definition) is 1. The highest BCUT2D eigenvalue weighted by atomic mass is 35.5. The smallest absolute Gasteiger partial charge is 0.0227 e. The van der Waals surface area contributed by atoms with Crippen LogP contribution in [0.1, 0.15) is 32.6 Å². The lowest BCUT2D eigenvalue weighted by atomic mass is 10.1. The van der Waals surface area contributed by atoms with Crippen LogP contribution in [-0.2, 0) is 0 Å². The summed E-state index contributed by atoms with van der Waals surface area (Å²) in [4.78, 5) is 0. The Kier molecular flexibility index (Phi) is 6.06. The van der Waals surface area contributed by atoms with E-state index >= 15 is 0 Å². The van der Waals surface area contributed by atoms with Crippen molar-refractivity contribution in [3.63, 3.8) is 0 Å². The average Bonchev–Trinajstić information content (AvgIpc) is 1.85. The number of halogens is 1. The molecule has 0 aromatic heterocycles. The fraction of sp³-hybridized carbons (Fsp3) is 0.857. The summed E-state index contributed by atoms with van der Waals surface area (Å²) in [6, 6.07) is 0. The van der Waals surface area contributed by atoms with Crippen molar-refractivity contribution in [1.29, 1.82) is 5.41 Å². The van der Waals surface area contributed by atoms with E-state index in [1.807, 2.05) is 0 Å². The lowest BCUT2D eigenvalue weighted by Crippen LogP contribution is -1.94. The van der Waals surface area contributed by atoms with Crippen LogP contribution in [-0.4, -0.2) is 11.6 Å². The maximum absolute atomic E-state index is 7.33. The first kappa shape index (κ1) is 8.96. The van der Waals surface area contributed by atoms with Gasteiger partial charge in [-0.05, 0) is 19.3 Å². The highest BCUT2D eigenvalue weighted by Crippen LogP contribution is 1.99. The number of hydrogen-bond acceptors (Lipinski definition) is 1. The fourth-order valence-corrected chi connectivity index (χ4v) is 0.841. The molecule has 0 aromatic carbocycles. The van der Waals surface area contributed by atoms with Gasteiger partial charge in [-0.15, -0.1) is 11.6 Å². The number of alkyl halides is 1. The molecule has 0 atom stereocenters. The molecule has 0 aliphatic rings. The Balaban J connectivity index is 3.06. The molecule has 0 fully saturated rings. The molecule has 0 spiro atoms. The average molecular weight is 148 g/mol. The standard InChI is InChI=1S/C7H14ClN/c1-2-4-7(9)5-3-6-8/h9H,2-6H2,1H3. The highest BCUT2D eigenvalue weighted by Gasteiger charge is 1.92. The van der Waals surface area contributed by atoms with Crippen molar-refractivity contribution in [2.24, 2.45) is 0 Å². The zero-order chi connectivity index (χ0) is 7.11. The molecule has 2 heteroatoms. The van der Waals surface area contributed by atoms with Crippen molar-refractivity contribution < 1.29 is 0 Å². The van der Waals surface area contributed by atoms with E-state index in [9.17, 15) is 0 Å². The van der Waals surface area contributed by atoms with Crippen molar-refractivity contribution in [3.05, 3.63) is 0 Å². The van der Waals surface area contributed by atoms with Gasteiger partial charge in [-0.2, -0.15) is 0 Å². The van der Waals surface area contributed by atoms with E-state index in [4.69, 9.17) is 17.0 Å². The zero-order valence-electron chi connectivity index (χ0n) is 5.91. The van der Waals surface area contributed by atoms with E-state index in [1.54, 1.807) is 0 Å². The molecule has 0 amide bonds. The van der Waals surface area contributed by atoms with Gasteiger partial charge in [0, 0.05) is 11.6 Å². The van der Waals surface area contributed by atoms with Crippen LogP contribution < -0.4 is 0 Å².